The fraction of sp³-hybridized carbons (Fsp3) is 0.538. The molecule has 0 spiro atoms. The molecule has 1 nitrogen and oxygen atoms in total. The fourth-order valence-corrected chi connectivity index (χ4v) is 2.58. The third-order valence-electron chi connectivity index (χ3n) is 3.03. The highest BCUT2D eigenvalue weighted by Crippen LogP contribution is 2.35. The molecule has 1 aromatic carbocycles. The van der Waals surface area contributed by atoms with Gasteiger partial charge in [0.2, 0.25) is 0 Å². The predicted octanol–water partition coefficient (Wildman–Crippen LogP) is 3.72. The van der Waals surface area contributed by atoms with Gasteiger partial charge in [0.1, 0.15) is 0 Å². The Hall–Kier alpha value is -0.340. The van der Waals surface area contributed by atoms with E-state index in [1.165, 1.54) is 11.1 Å². The van der Waals surface area contributed by atoms with Gasteiger partial charge in [-0.15, -0.1) is 0 Å². The lowest BCUT2D eigenvalue weighted by Gasteiger charge is -2.31. The molecule has 1 heterocycles. The van der Waals surface area contributed by atoms with E-state index in [0.717, 1.165) is 13.2 Å². The molecule has 0 radical (unpaired) electrons. The van der Waals surface area contributed by atoms with E-state index in [-0.39, 0.29) is 0 Å². The summed E-state index contributed by atoms with van der Waals surface area (Å²) in [6.07, 6.45) is 0. The van der Waals surface area contributed by atoms with E-state index < -0.39 is 0 Å². The van der Waals surface area contributed by atoms with Gasteiger partial charge in [-0.2, -0.15) is 0 Å². The van der Waals surface area contributed by atoms with Crippen LogP contribution in [0, 0.1) is 5.92 Å². The monoisotopic (exact) mass is 268 g/mol. The number of benzene rings is 1. The Morgan fingerprint density at radius 2 is 2.07 bits per heavy atom. The first-order chi connectivity index (χ1) is 7.20. The Bertz CT molecular complexity index is 335. The zero-order chi connectivity index (χ0) is 10.8. The summed E-state index contributed by atoms with van der Waals surface area (Å²) < 4.78 is 5.65. The molecule has 1 aromatic rings. The van der Waals surface area contributed by atoms with Crippen molar-refractivity contribution in [2.75, 3.05) is 6.61 Å². The lowest BCUT2D eigenvalue weighted by atomic mass is 9.86. The van der Waals surface area contributed by atoms with Crippen LogP contribution in [0.25, 0.3) is 0 Å². The normalized spacial score (nSPS) is 22.5. The van der Waals surface area contributed by atoms with Crippen LogP contribution in [0.2, 0.25) is 0 Å². The van der Waals surface area contributed by atoms with Crippen molar-refractivity contribution in [3.63, 3.8) is 0 Å². The molecule has 0 aliphatic carbocycles. The van der Waals surface area contributed by atoms with Crippen LogP contribution in [-0.4, -0.2) is 11.4 Å². The molecular formula is C13H17BrO. The summed E-state index contributed by atoms with van der Waals surface area (Å²) in [6.45, 7) is 6.10. The largest absolute Gasteiger partial charge is 0.376 e. The topological polar surface area (TPSA) is 9.23 Å². The van der Waals surface area contributed by atoms with Gasteiger partial charge in [-0.05, 0) is 17.0 Å². The minimum Gasteiger partial charge on any atom is -0.376 e. The van der Waals surface area contributed by atoms with Gasteiger partial charge in [0.05, 0.1) is 13.2 Å². The summed E-state index contributed by atoms with van der Waals surface area (Å²) in [5.41, 5.74) is 2.80. The van der Waals surface area contributed by atoms with E-state index in [1.54, 1.807) is 0 Å². The van der Waals surface area contributed by atoms with Crippen LogP contribution in [0.4, 0.5) is 0 Å². The van der Waals surface area contributed by atoms with Crippen molar-refractivity contribution in [3.8, 4) is 0 Å². The first-order valence-corrected chi connectivity index (χ1v) is 6.41. The Kier molecular flexibility index (Phi) is 3.47. The van der Waals surface area contributed by atoms with E-state index >= 15 is 0 Å². The maximum atomic E-state index is 5.65. The third-order valence-corrected chi connectivity index (χ3v) is 4.73. The van der Waals surface area contributed by atoms with Gasteiger partial charge in [0, 0.05) is 10.7 Å². The standard InChI is InChI=1S/C13H17BrO/c1-9(2)13(14)12-8-15-7-10-5-3-4-6-11(10)12/h3-6,9,12-13H,7-8H2,1-2H3. The van der Waals surface area contributed by atoms with Crippen LogP contribution in [0.15, 0.2) is 24.3 Å². The van der Waals surface area contributed by atoms with Crippen molar-refractivity contribution in [2.24, 2.45) is 5.92 Å². The second-order valence-electron chi connectivity index (χ2n) is 4.51. The average molecular weight is 269 g/mol. The predicted molar refractivity (Wildman–Crippen MR) is 66.4 cm³/mol. The van der Waals surface area contributed by atoms with Crippen LogP contribution in [0.3, 0.4) is 0 Å². The molecule has 1 aliphatic rings. The smallest absolute Gasteiger partial charge is 0.0719 e. The Balaban J connectivity index is 2.29. The number of rotatable bonds is 2. The molecule has 2 atom stereocenters. The van der Waals surface area contributed by atoms with E-state index in [0.29, 0.717) is 16.7 Å². The summed E-state index contributed by atoms with van der Waals surface area (Å²) in [5, 5.41) is 0. The highest BCUT2D eigenvalue weighted by Gasteiger charge is 2.28. The zero-order valence-corrected chi connectivity index (χ0v) is 10.8. The molecule has 0 amide bonds. The Morgan fingerprint density at radius 3 is 2.80 bits per heavy atom. The second-order valence-corrected chi connectivity index (χ2v) is 5.57. The molecule has 0 aromatic heterocycles. The molecular weight excluding hydrogens is 252 g/mol. The van der Waals surface area contributed by atoms with Crippen molar-refractivity contribution in [3.05, 3.63) is 35.4 Å². The molecule has 2 unspecified atom stereocenters. The molecule has 1 aliphatic heterocycles. The number of fused-ring (bicyclic) bond motifs is 1. The molecule has 15 heavy (non-hydrogen) atoms. The number of hydrogen-bond acceptors (Lipinski definition) is 1. The number of alkyl halides is 1. The first kappa shape index (κ1) is 11.2. The van der Waals surface area contributed by atoms with Gasteiger partial charge in [0.25, 0.3) is 0 Å². The van der Waals surface area contributed by atoms with E-state index in [1.807, 2.05) is 0 Å². The van der Waals surface area contributed by atoms with Crippen molar-refractivity contribution in [2.45, 2.75) is 31.2 Å². The number of hydrogen-bond donors (Lipinski definition) is 0. The molecule has 82 valence electrons. The minimum atomic E-state index is 0.495. The molecule has 0 N–H and O–H groups in total. The summed E-state index contributed by atoms with van der Waals surface area (Å²) in [6, 6.07) is 8.61. The molecule has 0 fully saturated rings. The van der Waals surface area contributed by atoms with E-state index in [9.17, 15) is 0 Å². The lowest BCUT2D eigenvalue weighted by Crippen LogP contribution is -2.27. The number of halogens is 1. The summed E-state index contributed by atoms with van der Waals surface area (Å²) in [5.74, 6) is 1.12. The molecule has 0 saturated carbocycles. The maximum Gasteiger partial charge on any atom is 0.0719 e. The van der Waals surface area contributed by atoms with Gasteiger partial charge in [-0.25, -0.2) is 0 Å². The fourth-order valence-electron chi connectivity index (χ4n) is 2.14. The maximum absolute atomic E-state index is 5.65. The van der Waals surface area contributed by atoms with Gasteiger partial charge in [-0.3, -0.25) is 0 Å². The number of ether oxygens (including phenoxy) is 1. The van der Waals surface area contributed by atoms with Gasteiger partial charge in [0.15, 0.2) is 0 Å². The summed E-state index contributed by atoms with van der Waals surface area (Å²) in [7, 11) is 0. The van der Waals surface area contributed by atoms with Crippen LogP contribution >= 0.6 is 15.9 Å². The lowest BCUT2D eigenvalue weighted by molar-refractivity contribution is 0.0878. The van der Waals surface area contributed by atoms with E-state index in [2.05, 4.69) is 54.0 Å². The van der Waals surface area contributed by atoms with E-state index in [4.69, 9.17) is 4.74 Å². The van der Waals surface area contributed by atoms with Crippen LogP contribution in [0.5, 0.6) is 0 Å². The minimum absolute atomic E-state index is 0.495. The summed E-state index contributed by atoms with van der Waals surface area (Å²) >= 11 is 3.79. The van der Waals surface area contributed by atoms with Crippen molar-refractivity contribution >= 4 is 15.9 Å². The van der Waals surface area contributed by atoms with Crippen molar-refractivity contribution in [1.82, 2.24) is 0 Å². The second kappa shape index (κ2) is 4.67. The van der Waals surface area contributed by atoms with Crippen LogP contribution in [0.1, 0.15) is 30.9 Å². The van der Waals surface area contributed by atoms with Crippen molar-refractivity contribution < 1.29 is 4.74 Å². The molecule has 2 rings (SSSR count). The zero-order valence-electron chi connectivity index (χ0n) is 9.24. The third kappa shape index (κ3) is 2.26. The highest BCUT2D eigenvalue weighted by atomic mass is 79.9. The quantitative estimate of drug-likeness (QED) is 0.743. The average Bonchev–Trinajstić information content (AvgIpc) is 2.27. The summed E-state index contributed by atoms with van der Waals surface area (Å²) in [4.78, 5) is 0.499. The SMILES string of the molecule is CC(C)C(Br)C1COCc2ccccc21. The van der Waals surface area contributed by atoms with Crippen molar-refractivity contribution in [1.29, 1.82) is 0 Å². The van der Waals surface area contributed by atoms with Gasteiger partial charge < -0.3 is 4.74 Å². The molecule has 0 bridgehead atoms. The molecule has 2 heteroatoms. The van der Waals surface area contributed by atoms with Gasteiger partial charge >= 0.3 is 0 Å². The first-order valence-electron chi connectivity index (χ1n) is 5.49. The molecule has 0 saturated heterocycles. The van der Waals surface area contributed by atoms with Gasteiger partial charge in [-0.1, -0.05) is 54.0 Å². The van der Waals surface area contributed by atoms with Crippen LogP contribution in [-0.2, 0) is 11.3 Å². The van der Waals surface area contributed by atoms with Crippen LogP contribution < -0.4 is 0 Å². The highest BCUT2D eigenvalue weighted by molar-refractivity contribution is 9.09. The Labute approximate surface area is 100.0 Å². The Morgan fingerprint density at radius 1 is 1.33 bits per heavy atom.